The van der Waals surface area contributed by atoms with Crippen LogP contribution in [0.3, 0.4) is 0 Å². The molecular weight excluding hydrogens is 320 g/mol. The van der Waals surface area contributed by atoms with Crippen molar-refractivity contribution in [2.75, 3.05) is 0 Å². The first-order valence-electron chi connectivity index (χ1n) is 6.22. The SMILES string of the molecule is Cc1cccc(CSc2ccc([C@@H](C)O)c(Br)c2)c1. The fourth-order valence-corrected chi connectivity index (χ4v) is 3.65. The van der Waals surface area contributed by atoms with E-state index >= 15 is 0 Å². The molecule has 2 aromatic rings. The van der Waals surface area contributed by atoms with Gasteiger partial charge >= 0.3 is 0 Å². The van der Waals surface area contributed by atoms with E-state index in [0.29, 0.717) is 0 Å². The van der Waals surface area contributed by atoms with Gasteiger partial charge in [0.15, 0.2) is 0 Å². The molecule has 0 heterocycles. The van der Waals surface area contributed by atoms with Crippen molar-refractivity contribution in [3.8, 4) is 0 Å². The molecule has 100 valence electrons. The second-order valence-corrected chi connectivity index (χ2v) is 6.54. The lowest BCUT2D eigenvalue weighted by Gasteiger charge is -2.09. The average Bonchev–Trinajstić information content (AvgIpc) is 2.36. The number of benzene rings is 2. The van der Waals surface area contributed by atoms with Gasteiger partial charge in [-0.05, 0) is 37.1 Å². The lowest BCUT2D eigenvalue weighted by atomic mass is 10.1. The molecule has 0 saturated heterocycles. The third-order valence-corrected chi connectivity index (χ3v) is 4.66. The van der Waals surface area contributed by atoms with Gasteiger partial charge in [0.2, 0.25) is 0 Å². The molecule has 0 radical (unpaired) electrons. The van der Waals surface area contributed by atoms with Gasteiger partial charge in [0.1, 0.15) is 0 Å². The van der Waals surface area contributed by atoms with Gasteiger partial charge in [0.05, 0.1) is 6.10 Å². The van der Waals surface area contributed by atoms with E-state index < -0.39 is 6.10 Å². The predicted molar refractivity (Wildman–Crippen MR) is 85.5 cm³/mol. The molecule has 0 saturated carbocycles. The summed E-state index contributed by atoms with van der Waals surface area (Å²) < 4.78 is 0.969. The lowest BCUT2D eigenvalue weighted by Crippen LogP contribution is -1.92. The van der Waals surface area contributed by atoms with Crippen LogP contribution in [0.25, 0.3) is 0 Å². The van der Waals surface area contributed by atoms with Crippen molar-refractivity contribution in [1.29, 1.82) is 0 Å². The molecule has 2 rings (SSSR count). The Hall–Kier alpha value is -0.770. The summed E-state index contributed by atoms with van der Waals surface area (Å²) in [5.74, 6) is 0.960. The minimum absolute atomic E-state index is 0.440. The molecular formula is C16H17BrOS. The van der Waals surface area contributed by atoms with Crippen LogP contribution in [-0.4, -0.2) is 5.11 Å². The molecule has 0 amide bonds. The second-order valence-electron chi connectivity index (χ2n) is 4.64. The van der Waals surface area contributed by atoms with Crippen LogP contribution < -0.4 is 0 Å². The summed E-state index contributed by atoms with van der Waals surface area (Å²) in [5, 5.41) is 9.60. The Labute approximate surface area is 127 Å². The van der Waals surface area contributed by atoms with Gasteiger partial charge < -0.3 is 5.11 Å². The molecule has 0 aliphatic carbocycles. The minimum atomic E-state index is -0.440. The topological polar surface area (TPSA) is 20.2 Å². The van der Waals surface area contributed by atoms with E-state index in [4.69, 9.17) is 0 Å². The monoisotopic (exact) mass is 336 g/mol. The number of aliphatic hydroxyl groups excluding tert-OH is 1. The number of thioether (sulfide) groups is 1. The fraction of sp³-hybridized carbons (Fsp3) is 0.250. The van der Waals surface area contributed by atoms with Gasteiger partial charge in [-0.25, -0.2) is 0 Å². The van der Waals surface area contributed by atoms with Crippen LogP contribution in [0, 0.1) is 6.92 Å². The molecule has 0 aromatic heterocycles. The van der Waals surface area contributed by atoms with Crippen LogP contribution in [0.15, 0.2) is 51.8 Å². The van der Waals surface area contributed by atoms with E-state index in [1.54, 1.807) is 18.7 Å². The van der Waals surface area contributed by atoms with Gasteiger partial charge in [-0.3, -0.25) is 0 Å². The van der Waals surface area contributed by atoms with E-state index in [1.807, 2.05) is 6.07 Å². The molecule has 1 atom stereocenters. The third-order valence-electron chi connectivity index (χ3n) is 2.91. The van der Waals surface area contributed by atoms with Crippen LogP contribution >= 0.6 is 27.7 Å². The van der Waals surface area contributed by atoms with Gasteiger partial charge in [0, 0.05) is 15.1 Å². The van der Waals surface area contributed by atoms with E-state index in [1.165, 1.54) is 16.0 Å². The first-order chi connectivity index (χ1) is 9.06. The van der Waals surface area contributed by atoms with E-state index in [9.17, 15) is 5.11 Å². The summed E-state index contributed by atoms with van der Waals surface area (Å²) >= 11 is 5.32. The predicted octanol–water partition coefficient (Wildman–Crippen LogP) is 5.10. The first kappa shape index (κ1) is 14.6. The van der Waals surface area contributed by atoms with E-state index in [-0.39, 0.29) is 0 Å². The maximum Gasteiger partial charge on any atom is 0.0772 e. The van der Waals surface area contributed by atoms with Crippen LogP contribution in [-0.2, 0) is 5.75 Å². The second kappa shape index (κ2) is 6.60. The molecule has 1 nitrogen and oxygen atoms in total. The molecule has 0 spiro atoms. The van der Waals surface area contributed by atoms with Crippen molar-refractivity contribution >= 4 is 27.7 Å². The van der Waals surface area contributed by atoms with Crippen LogP contribution in [0.5, 0.6) is 0 Å². The fourth-order valence-electron chi connectivity index (χ4n) is 1.91. The quantitative estimate of drug-likeness (QED) is 0.783. The van der Waals surface area contributed by atoms with Crippen molar-refractivity contribution in [2.24, 2.45) is 0 Å². The zero-order valence-corrected chi connectivity index (χ0v) is 13.5. The summed E-state index contributed by atoms with van der Waals surface area (Å²) in [4.78, 5) is 1.21. The average molecular weight is 337 g/mol. The molecule has 19 heavy (non-hydrogen) atoms. The van der Waals surface area contributed by atoms with Gasteiger partial charge in [-0.1, -0.05) is 51.8 Å². The number of rotatable bonds is 4. The first-order valence-corrected chi connectivity index (χ1v) is 8.00. The molecule has 0 aliphatic heterocycles. The minimum Gasteiger partial charge on any atom is -0.389 e. The zero-order valence-electron chi connectivity index (χ0n) is 11.1. The Morgan fingerprint density at radius 2 is 2.00 bits per heavy atom. The molecule has 0 bridgehead atoms. The summed E-state index contributed by atoms with van der Waals surface area (Å²) in [7, 11) is 0. The Kier molecular flexibility index (Phi) is 5.08. The van der Waals surface area contributed by atoms with Crippen molar-refractivity contribution < 1.29 is 5.11 Å². The Morgan fingerprint density at radius 1 is 1.21 bits per heavy atom. The highest BCUT2D eigenvalue weighted by Crippen LogP contribution is 2.30. The molecule has 0 unspecified atom stereocenters. The Balaban J connectivity index is 2.06. The van der Waals surface area contributed by atoms with Crippen molar-refractivity contribution in [1.82, 2.24) is 0 Å². The lowest BCUT2D eigenvalue weighted by molar-refractivity contribution is 0.198. The highest BCUT2D eigenvalue weighted by molar-refractivity contribution is 9.10. The van der Waals surface area contributed by atoms with Crippen LogP contribution in [0.2, 0.25) is 0 Å². The zero-order chi connectivity index (χ0) is 13.8. The molecule has 3 heteroatoms. The van der Waals surface area contributed by atoms with Crippen molar-refractivity contribution in [3.63, 3.8) is 0 Å². The standard InChI is InChI=1S/C16H17BrOS/c1-11-4-3-5-13(8-11)10-19-14-6-7-15(12(2)18)16(17)9-14/h3-9,12,18H,10H2,1-2H3/t12-/m1/s1. The normalized spacial score (nSPS) is 12.4. The molecule has 0 aliphatic rings. The smallest absolute Gasteiger partial charge is 0.0772 e. The maximum atomic E-state index is 9.60. The summed E-state index contributed by atoms with van der Waals surface area (Å²) in [6, 6.07) is 14.7. The summed E-state index contributed by atoms with van der Waals surface area (Å²) in [5.41, 5.74) is 3.56. The van der Waals surface area contributed by atoms with E-state index in [2.05, 4.69) is 59.3 Å². The molecule has 2 aromatic carbocycles. The van der Waals surface area contributed by atoms with Gasteiger partial charge in [-0.2, -0.15) is 0 Å². The third kappa shape index (κ3) is 4.10. The van der Waals surface area contributed by atoms with Crippen LogP contribution in [0.1, 0.15) is 29.7 Å². The number of aryl methyl sites for hydroxylation is 1. The number of halogens is 1. The van der Waals surface area contributed by atoms with E-state index in [0.717, 1.165) is 15.8 Å². The van der Waals surface area contributed by atoms with Gasteiger partial charge in [0.25, 0.3) is 0 Å². The van der Waals surface area contributed by atoms with Crippen LogP contribution in [0.4, 0.5) is 0 Å². The molecule has 0 fully saturated rings. The number of aliphatic hydroxyl groups is 1. The highest BCUT2D eigenvalue weighted by atomic mass is 79.9. The number of hydrogen-bond donors (Lipinski definition) is 1. The molecule has 1 N–H and O–H groups in total. The number of hydrogen-bond acceptors (Lipinski definition) is 2. The highest BCUT2D eigenvalue weighted by Gasteiger charge is 2.07. The summed E-state index contributed by atoms with van der Waals surface area (Å²) in [6.07, 6.45) is -0.440. The Bertz CT molecular complexity index is 566. The van der Waals surface area contributed by atoms with Crippen molar-refractivity contribution in [2.45, 2.75) is 30.6 Å². The Morgan fingerprint density at radius 3 is 2.63 bits per heavy atom. The van der Waals surface area contributed by atoms with Gasteiger partial charge in [-0.15, -0.1) is 11.8 Å². The van der Waals surface area contributed by atoms with Crippen molar-refractivity contribution in [3.05, 3.63) is 63.6 Å². The maximum absolute atomic E-state index is 9.60. The summed E-state index contributed by atoms with van der Waals surface area (Å²) in [6.45, 7) is 3.89. The largest absolute Gasteiger partial charge is 0.389 e.